The van der Waals surface area contributed by atoms with Crippen molar-refractivity contribution in [1.82, 2.24) is 10.6 Å². The van der Waals surface area contributed by atoms with Crippen LogP contribution >= 0.6 is 0 Å². The third kappa shape index (κ3) is 6.45. The molecule has 0 aliphatic heterocycles. The third-order valence-electron chi connectivity index (χ3n) is 3.79. The summed E-state index contributed by atoms with van der Waals surface area (Å²) in [5, 5.41) is 5.54. The fourth-order valence-corrected chi connectivity index (χ4v) is 3.23. The summed E-state index contributed by atoms with van der Waals surface area (Å²) in [6, 6.07) is 7.15. The van der Waals surface area contributed by atoms with E-state index < -0.39 is 27.5 Å². The molecule has 2 aromatic rings. The maximum atomic E-state index is 13.6. The number of nitrogens with zero attached hydrogens (tertiary/aromatic N) is 1. The molecule has 0 atom stereocenters. The molecule has 2 rings (SSSR count). The molecule has 0 heterocycles. The molecule has 0 saturated heterocycles. The first-order chi connectivity index (χ1) is 13.2. The Morgan fingerprint density at radius 2 is 1.79 bits per heavy atom. The van der Waals surface area contributed by atoms with E-state index in [1.807, 2.05) is 0 Å². The first-order valence-electron chi connectivity index (χ1n) is 8.35. The molecule has 0 aromatic heterocycles. The average Bonchev–Trinajstić information content (AvgIpc) is 2.63. The Labute approximate surface area is 161 Å². The minimum atomic E-state index is -3.72. The van der Waals surface area contributed by atoms with Crippen molar-refractivity contribution in [2.45, 2.75) is 13.5 Å². The second kappa shape index (κ2) is 9.45. The van der Waals surface area contributed by atoms with Gasteiger partial charge in [0.1, 0.15) is 17.5 Å². The van der Waals surface area contributed by atoms with E-state index in [0.29, 0.717) is 5.56 Å². The first kappa shape index (κ1) is 21.5. The Morgan fingerprint density at radius 3 is 2.46 bits per heavy atom. The molecular formula is C18H21F3N4O2S. The van der Waals surface area contributed by atoms with E-state index in [-0.39, 0.29) is 36.1 Å². The van der Waals surface area contributed by atoms with Gasteiger partial charge in [-0.25, -0.2) is 21.6 Å². The Balaban J connectivity index is 1.85. The number of anilines is 1. The molecule has 28 heavy (non-hydrogen) atoms. The first-order valence-corrected chi connectivity index (χ1v) is 10.0. The summed E-state index contributed by atoms with van der Waals surface area (Å²) >= 11 is 0. The number of halogens is 3. The summed E-state index contributed by atoms with van der Waals surface area (Å²) in [5.41, 5.74) is 0.653. The normalized spacial score (nSPS) is 12.0. The van der Waals surface area contributed by atoms with Crippen LogP contribution in [-0.4, -0.2) is 33.7 Å². The van der Waals surface area contributed by atoms with Gasteiger partial charge in [-0.3, -0.25) is 9.71 Å². The molecule has 0 spiro atoms. The van der Waals surface area contributed by atoms with Gasteiger partial charge in [0.2, 0.25) is 10.0 Å². The number of aliphatic imine (C=N–C) groups is 1. The highest BCUT2D eigenvalue weighted by atomic mass is 32.2. The number of aryl methyl sites for hydroxylation is 1. The Morgan fingerprint density at radius 1 is 1.04 bits per heavy atom. The Hall–Kier alpha value is -2.75. The Kier molecular flexibility index (Phi) is 7.27. The van der Waals surface area contributed by atoms with Crippen molar-refractivity contribution < 1.29 is 21.6 Å². The number of guanidine groups is 1. The zero-order valence-corrected chi connectivity index (χ0v) is 16.2. The Bertz CT molecular complexity index is 965. The molecule has 0 aliphatic carbocycles. The van der Waals surface area contributed by atoms with Crippen LogP contribution in [0, 0.1) is 24.4 Å². The van der Waals surface area contributed by atoms with Crippen LogP contribution in [0.1, 0.15) is 11.1 Å². The molecule has 0 bridgehead atoms. The number of hydrogen-bond donors (Lipinski definition) is 3. The third-order valence-corrected chi connectivity index (χ3v) is 5.07. The molecule has 3 N–H and O–H groups in total. The zero-order chi connectivity index (χ0) is 20.7. The van der Waals surface area contributed by atoms with Crippen LogP contribution in [-0.2, 0) is 16.6 Å². The van der Waals surface area contributed by atoms with Crippen LogP contribution in [0.3, 0.4) is 0 Å². The lowest BCUT2D eigenvalue weighted by Gasteiger charge is -2.13. The van der Waals surface area contributed by atoms with Gasteiger partial charge < -0.3 is 10.6 Å². The maximum absolute atomic E-state index is 13.6. The number of nitrogens with one attached hydrogen (secondary N) is 3. The van der Waals surface area contributed by atoms with Crippen LogP contribution in [0.25, 0.3) is 0 Å². The van der Waals surface area contributed by atoms with Gasteiger partial charge in [0.25, 0.3) is 0 Å². The molecule has 2 aromatic carbocycles. The maximum Gasteiger partial charge on any atom is 0.234 e. The minimum Gasteiger partial charge on any atom is -0.355 e. The SMILES string of the molecule is CN=C(NCCS(=O)(=O)Nc1ccc(C)c(F)c1)NCc1cc(F)ccc1F. The van der Waals surface area contributed by atoms with Gasteiger partial charge in [0.05, 0.1) is 11.4 Å². The fourth-order valence-electron chi connectivity index (χ4n) is 2.27. The molecule has 0 unspecified atom stereocenters. The van der Waals surface area contributed by atoms with E-state index in [4.69, 9.17) is 0 Å². The van der Waals surface area contributed by atoms with Crippen molar-refractivity contribution >= 4 is 21.7 Å². The van der Waals surface area contributed by atoms with Crippen LogP contribution in [0.5, 0.6) is 0 Å². The highest BCUT2D eigenvalue weighted by molar-refractivity contribution is 7.92. The minimum absolute atomic E-state index is 0.00498. The highest BCUT2D eigenvalue weighted by Gasteiger charge is 2.12. The van der Waals surface area contributed by atoms with Crippen molar-refractivity contribution in [2.75, 3.05) is 24.1 Å². The van der Waals surface area contributed by atoms with Crippen LogP contribution in [0.15, 0.2) is 41.4 Å². The standard InChI is InChI=1S/C18H21F3N4O2S/c1-12-3-5-15(10-17(12)21)25-28(26,27)8-7-23-18(22-2)24-11-13-9-14(19)4-6-16(13)20/h3-6,9-10,25H,7-8,11H2,1-2H3,(H2,22,23,24). The number of hydrogen-bond acceptors (Lipinski definition) is 3. The lowest BCUT2D eigenvalue weighted by Crippen LogP contribution is -2.40. The predicted octanol–water partition coefficient (Wildman–Crippen LogP) is 2.52. The van der Waals surface area contributed by atoms with Crippen molar-refractivity contribution in [2.24, 2.45) is 4.99 Å². The van der Waals surface area contributed by atoms with Crippen LogP contribution < -0.4 is 15.4 Å². The summed E-state index contributed by atoms with van der Waals surface area (Å²) in [6.07, 6.45) is 0. The molecule has 0 fully saturated rings. The molecule has 0 amide bonds. The summed E-state index contributed by atoms with van der Waals surface area (Å²) < 4.78 is 66.8. The van der Waals surface area contributed by atoms with Crippen molar-refractivity contribution in [3.8, 4) is 0 Å². The zero-order valence-electron chi connectivity index (χ0n) is 15.4. The van der Waals surface area contributed by atoms with Gasteiger partial charge >= 0.3 is 0 Å². The second-order valence-corrected chi connectivity index (χ2v) is 7.82. The van der Waals surface area contributed by atoms with E-state index in [1.165, 1.54) is 19.2 Å². The largest absolute Gasteiger partial charge is 0.355 e. The monoisotopic (exact) mass is 414 g/mol. The van der Waals surface area contributed by atoms with E-state index in [9.17, 15) is 21.6 Å². The second-order valence-electron chi connectivity index (χ2n) is 5.97. The van der Waals surface area contributed by atoms with Gasteiger partial charge in [-0.2, -0.15) is 0 Å². The number of sulfonamides is 1. The summed E-state index contributed by atoms with van der Waals surface area (Å²) in [6.45, 7) is 1.54. The van der Waals surface area contributed by atoms with Gasteiger partial charge in [0, 0.05) is 25.7 Å². The van der Waals surface area contributed by atoms with Crippen LogP contribution in [0.2, 0.25) is 0 Å². The van der Waals surface area contributed by atoms with Gasteiger partial charge in [-0.05, 0) is 42.8 Å². The van der Waals surface area contributed by atoms with Gasteiger partial charge in [0.15, 0.2) is 5.96 Å². The van der Waals surface area contributed by atoms with E-state index in [0.717, 1.165) is 24.3 Å². The molecule has 152 valence electrons. The number of rotatable bonds is 7. The number of benzene rings is 2. The highest BCUT2D eigenvalue weighted by Crippen LogP contribution is 2.15. The van der Waals surface area contributed by atoms with Gasteiger partial charge in [-0.1, -0.05) is 6.07 Å². The lowest BCUT2D eigenvalue weighted by atomic mass is 10.2. The molecule has 0 saturated carbocycles. The molecular weight excluding hydrogens is 393 g/mol. The fraction of sp³-hybridized carbons (Fsp3) is 0.278. The van der Waals surface area contributed by atoms with E-state index in [1.54, 1.807) is 6.92 Å². The molecule has 6 nitrogen and oxygen atoms in total. The summed E-state index contributed by atoms with van der Waals surface area (Å²) in [4.78, 5) is 3.89. The molecule has 10 heteroatoms. The molecule has 0 aliphatic rings. The topological polar surface area (TPSA) is 82.6 Å². The summed E-state index contributed by atoms with van der Waals surface area (Å²) in [5.74, 6) is -1.72. The molecule has 0 radical (unpaired) electrons. The quantitative estimate of drug-likeness (QED) is 0.480. The van der Waals surface area contributed by atoms with Crippen molar-refractivity contribution in [3.63, 3.8) is 0 Å². The summed E-state index contributed by atoms with van der Waals surface area (Å²) in [7, 11) is -2.26. The average molecular weight is 414 g/mol. The van der Waals surface area contributed by atoms with E-state index >= 15 is 0 Å². The van der Waals surface area contributed by atoms with E-state index in [2.05, 4.69) is 20.3 Å². The van der Waals surface area contributed by atoms with Crippen molar-refractivity contribution in [1.29, 1.82) is 0 Å². The lowest BCUT2D eigenvalue weighted by molar-refractivity contribution is 0.581. The van der Waals surface area contributed by atoms with Gasteiger partial charge in [-0.15, -0.1) is 0 Å². The van der Waals surface area contributed by atoms with Crippen molar-refractivity contribution in [3.05, 3.63) is 65.0 Å². The smallest absolute Gasteiger partial charge is 0.234 e. The predicted molar refractivity (Wildman–Crippen MR) is 103 cm³/mol. The van der Waals surface area contributed by atoms with Crippen LogP contribution in [0.4, 0.5) is 18.9 Å².